The van der Waals surface area contributed by atoms with E-state index < -0.39 is 0 Å². The summed E-state index contributed by atoms with van der Waals surface area (Å²) in [5.41, 5.74) is 0. The van der Waals surface area contributed by atoms with Crippen LogP contribution in [0.25, 0.3) is 0 Å². The molecule has 3 atom stereocenters. The van der Waals surface area contributed by atoms with Crippen LogP contribution < -0.4 is 5.32 Å². The van der Waals surface area contributed by atoms with Crippen LogP contribution in [-0.2, 0) is 9.53 Å². The predicted molar refractivity (Wildman–Crippen MR) is 80.5 cm³/mol. The predicted octanol–water partition coefficient (Wildman–Crippen LogP) is 3.13. The molecule has 1 saturated heterocycles. The maximum Gasteiger partial charge on any atom is 0.220 e. The van der Waals surface area contributed by atoms with E-state index in [9.17, 15) is 4.79 Å². The van der Waals surface area contributed by atoms with Gasteiger partial charge in [-0.1, -0.05) is 19.8 Å². The number of hydrogen-bond donors (Lipinski definition) is 1. The maximum absolute atomic E-state index is 12.0. The summed E-state index contributed by atoms with van der Waals surface area (Å²) < 4.78 is 5.57. The van der Waals surface area contributed by atoms with E-state index in [0.717, 1.165) is 38.0 Å². The summed E-state index contributed by atoms with van der Waals surface area (Å²) in [5.74, 6) is 1.37. The molecule has 0 unspecified atom stereocenters. The number of carbonyl (C=O) groups excluding carboxylic acids is 1. The molecule has 1 N–H and O–H groups in total. The van der Waals surface area contributed by atoms with Crippen LogP contribution in [0.5, 0.6) is 0 Å². The summed E-state index contributed by atoms with van der Waals surface area (Å²) >= 11 is 2.01. The average molecular weight is 285 g/mol. The number of nitrogens with one attached hydrogen (secondary N) is 1. The lowest BCUT2D eigenvalue weighted by molar-refractivity contribution is -0.122. The second-order valence-electron chi connectivity index (χ2n) is 5.63. The third kappa shape index (κ3) is 4.99. The van der Waals surface area contributed by atoms with Gasteiger partial charge in [0.1, 0.15) is 0 Å². The van der Waals surface area contributed by atoms with Gasteiger partial charge in [0.2, 0.25) is 5.91 Å². The molecule has 0 aromatic rings. The fraction of sp³-hybridized carbons (Fsp3) is 0.933. The smallest absolute Gasteiger partial charge is 0.220 e. The van der Waals surface area contributed by atoms with Crippen LogP contribution >= 0.6 is 11.8 Å². The van der Waals surface area contributed by atoms with Crippen molar-refractivity contribution in [3.63, 3.8) is 0 Å². The van der Waals surface area contributed by atoms with Gasteiger partial charge in [0.25, 0.3) is 0 Å². The molecule has 0 aromatic carbocycles. The Bertz CT molecular complexity index is 277. The largest absolute Gasteiger partial charge is 0.378 e. The zero-order valence-electron chi connectivity index (χ0n) is 12.0. The Labute approximate surface area is 121 Å². The van der Waals surface area contributed by atoms with E-state index in [0.29, 0.717) is 23.8 Å². The minimum absolute atomic E-state index is 0.226. The summed E-state index contributed by atoms with van der Waals surface area (Å²) in [6, 6.07) is 0.399. The molecule has 0 aromatic heterocycles. The van der Waals surface area contributed by atoms with Crippen molar-refractivity contribution >= 4 is 17.7 Å². The Morgan fingerprint density at radius 1 is 1.26 bits per heavy atom. The zero-order valence-corrected chi connectivity index (χ0v) is 12.8. The van der Waals surface area contributed by atoms with Crippen molar-refractivity contribution in [2.24, 2.45) is 0 Å². The first-order chi connectivity index (χ1) is 9.29. The standard InChI is InChI=1S/C15H27NO2S/c1-2-19-14-8-4-3-7-13(14)16-15(17)10-9-12-6-5-11-18-12/h12-14H,2-11H2,1H3,(H,16,17)/t12-,13+,14-/m1/s1. The molecular formula is C15H27NO2S. The van der Waals surface area contributed by atoms with Crippen LogP contribution in [0.1, 0.15) is 58.3 Å². The third-order valence-electron chi connectivity index (χ3n) is 4.15. The molecule has 1 saturated carbocycles. The summed E-state index contributed by atoms with van der Waals surface area (Å²) in [6.45, 7) is 3.08. The first-order valence-corrected chi connectivity index (χ1v) is 8.87. The van der Waals surface area contributed by atoms with Gasteiger partial charge in [-0.05, 0) is 37.9 Å². The number of amides is 1. The lowest BCUT2D eigenvalue weighted by atomic mass is 9.94. The van der Waals surface area contributed by atoms with Gasteiger partial charge in [0.05, 0.1) is 6.10 Å². The molecule has 19 heavy (non-hydrogen) atoms. The molecule has 0 radical (unpaired) electrons. The fourth-order valence-electron chi connectivity index (χ4n) is 3.12. The van der Waals surface area contributed by atoms with Gasteiger partial charge in [-0.25, -0.2) is 0 Å². The van der Waals surface area contributed by atoms with Gasteiger partial charge in [0, 0.05) is 24.3 Å². The Balaban J connectivity index is 1.69. The second-order valence-corrected chi connectivity index (χ2v) is 7.14. The molecule has 1 aliphatic carbocycles. The van der Waals surface area contributed by atoms with Crippen molar-refractivity contribution in [2.45, 2.75) is 75.7 Å². The van der Waals surface area contributed by atoms with Gasteiger partial charge < -0.3 is 10.1 Å². The molecule has 2 rings (SSSR count). The highest BCUT2D eigenvalue weighted by Crippen LogP contribution is 2.28. The van der Waals surface area contributed by atoms with Crippen molar-refractivity contribution in [1.29, 1.82) is 0 Å². The molecule has 1 heterocycles. The van der Waals surface area contributed by atoms with E-state index in [2.05, 4.69) is 12.2 Å². The molecule has 2 fully saturated rings. The van der Waals surface area contributed by atoms with Gasteiger partial charge in [0.15, 0.2) is 0 Å². The highest BCUT2D eigenvalue weighted by Gasteiger charge is 2.26. The van der Waals surface area contributed by atoms with E-state index >= 15 is 0 Å². The molecule has 2 aliphatic rings. The van der Waals surface area contributed by atoms with Crippen molar-refractivity contribution < 1.29 is 9.53 Å². The van der Waals surface area contributed by atoms with E-state index in [-0.39, 0.29) is 5.91 Å². The topological polar surface area (TPSA) is 38.3 Å². The van der Waals surface area contributed by atoms with Crippen LogP contribution in [0.2, 0.25) is 0 Å². The number of rotatable bonds is 6. The number of ether oxygens (including phenoxy) is 1. The molecular weight excluding hydrogens is 258 g/mol. The Kier molecular flexibility index (Phi) is 6.51. The van der Waals surface area contributed by atoms with Crippen LogP contribution in [0.3, 0.4) is 0 Å². The Morgan fingerprint density at radius 3 is 2.84 bits per heavy atom. The van der Waals surface area contributed by atoms with Crippen molar-refractivity contribution in [1.82, 2.24) is 5.32 Å². The number of thioether (sulfide) groups is 1. The Hall–Kier alpha value is -0.220. The normalized spacial score (nSPS) is 31.3. The van der Waals surface area contributed by atoms with Gasteiger partial charge in [-0.15, -0.1) is 0 Å². The number of hydrogen-bond acceptors (Lipinski definition) is 3. The van der Waals surface area contributed by atoms with Crippen LogP contribution in [0, 0.1) is 0 Å². The van der Waals surface area contributed by atoms with Crippen LogP contribution in [0.4, 0.5) is 0 Å². The maximum atomic E-state index is 12.0. The monoisotopic (exact) mass is 285 g/mol. The minimum atomic E-state index is 0.226. The molecule has 0 spiro atoms. The van der Waals surface area contributed by atoms with Crippen molar-refractivity contribution in [3.8, 4) is 0 Å². The van der Waals surface area contributed by atoms with E-state index in [1.807, 2.05) is 11.8 Å². The van der Waals surface area contributed by atoms with Gasteiger partial charge in [-0.3, -0.25) is 4.79 Å². The molecule has 4 heteroatoms. The van der Waals surface area contributed by atoms with E-state index in [1.165, 1.54) is 19.3 Å². The zero-order chi connectivity index (χ0) is 13.5. The lowest BCUT2D eigenvalue weighted by Crippen LogP contribution is -2.44. The second kappa shape index (κ2) is 8.15. The van der Waals surface area contributed by atoms with Gasteiger partial charge >= 0.3 is 0 Å². The highest BCUT2D eigenvalue weighted by atomic mass is 32.2. The molecule has 3 nitrogen and oxygen atoms in total. The molecule has 110 valence electrons. The minimum Gasteiger partial charge on any atom is -0.378 e. The SMILES string of the molecule is CCS[C@@H]1CCCC[C@@H]1NC(=O)CC[C@H]1CCCO1. The van der Waals surface area contributed by atoms with E-state index in [4.69, 9.17) is 4.74 Å². The summed E-state index contributed by atoms with van der Waals surface area (Å²) in [7, 11) is 0. The highest BCUT2D eigenvalue weighted by molar-refractivity contribution is 7.99. The van der Waals surface area contributed by atoms with E-state index in [1.54, 1.807) is 0 Å². The summed E-state index contributed by atoms with van der Waals surface area (Å²) in [5, 5.41) is 3.89. The molecule has 1 aliphatic heterocycles. The number of carbonyl (C=O) groups is 1. The first-order valence-electron chi connectivity index (χ1n) is 7.82. The van der Waals surface area contributed by atoms with Crippen LogP contribution in [-0.4, -0.2) is 35.7 Å². The summed E-state index contributed by atoms with van der Waals surface area (Å²) in [6.07, 6.45) is 9.14. The summed E-state index contributed by atoms with van der Waals surface area (Å²) in [4.78, 5) is 12.0. The quantitative estimate of drug-likeness (QED) is 0.815. The molecule has 1 amide bonds. The van der Waals surface area contributed by atoms with Crippen LogP contribution in [0.15, 0.2) is 0 Å². The van der Waals surface area contributed by atoms with Crippen molar-refractivity contribution in [2.75, 3.05) is 12.4 Å². The molecule has 0 bridgehead atoms. The first kappa shape index (κ1) is 15.2. The fourth-order valence-corrected chi connectivity index (χ4v) is 4.32. The Morgan fingerprint density at radius 2 is 2.11 bits per heavy atom. The average Bonchev–Trinajstić information content (AvgIpc) is 2.92. The lowest BCUT2D eigenvalue weighted by Gasteiger charge is -2.31. The van der Waals surface area contributed by atoms with Crippen molar-refractivity contribution in [3.05, 3.63) is 0 Å². The third-order valence-corrected chi connectivity index (χ3v) is 5.47. The van der Waals surface area contributed by atoms with Gasteiger partial charge in [-0.2, -0.15) is 11.8 Å².